The molecule has 0 aromatic heterocycles. The minimum Gasteiger partial charge on any atom is -0.478 e. The molecule has 4 heteroatoms. The van der Waals surface area contributed by atoms with Gasteiger partial charge in [-0.2, -0.15) is 0 Å². The van der Waals surface area contributed by atoms with Gasteiger partial charge in [0.25, 0.3) is 0 Å². The number of halogens is 1. The van der Waals surface area contributed by atoms with Gasteiger partial charge in [-0.05, 0) is 23.8 Å². The molecule has 0 aliphatic rings. The number of hydrogen-bond donors (Lipinski definition) is 1. The van der Waals surface area contributed by atoms with Crippen molar-refractivity contribution < 1.29 is 14.7 Å². The Morgan fingerprint density at radius 2 is 2.23 bits per heavy atom. The molecule has 13 heavy (non-hydrogen) atoms. The Bertz CT molecular complexity index is 347. The van der Waals surface area contributed by atoms with Crippen LogP contribution in [-0.2, 0) is 11.2 Å². The van der Waals surface area contributed by atoms with Crippen molar-refractivity contribution in [1.82, 2.24) is 0 Å². The lowest BCUT2D eigenvalue weighted by atomic mass is 10.1. The second-order valence-electron chi connectivity index (χ2n) is 2.48. The van der Waals surface area contributed by atoms with Gasteiger partial charge in [-0.15, -0.1) is 0 Å². The van der Waals surface area contributed by atoms with Crippen molar-refractivity contribution in [1.29, 1.82) is 0 Å². The van der Waals surface area contributed by atoms with Crippen LogP contribution in [0.2, 0.25) is 5.02 Å². The summed E-state index contributed by atoms with van der Waals surface area (Å²) >= 11 is 5.73. The fraction of sp³-hybridized carbons (Fsp3) is 0.111. The summed E-state index contributed by atoms with van der Waals surface area (Å²) in [6, 6.07) is 4.28. The van der Waals surface area contributed by atoms with Crippen molar-refractivity contribution in [2.24, 2.45) is 0 Å². The molecule has 0 saturated carbocycles. The standard InChI is InChI=1S/C9H7ClO3/c10-8-2-1-7(9(12)13)5-6(8)3-4-11/h1-2,4-5H,3H2,(H,12,13). The number of rotatable bonds is 3. The van der Waals surface area contributed by atoms with Crippen LogP contribution in [0.3, 0.4) is 0 Å². The minimum absolute atomic E-state index is 0.139. The first-order valence-electron chi connectivity index (χ1n) is 3.60. The molecular formula is C9H7ClO3. The molecule has 0 heterocycles. The first-order chi connectivity index (χ1) is 6.15. The lowest BCUT2D eigenvalue weighted by molar-refractivity contribution is -0.107. The van der Waals surface area contributed by atoms with Gasteiger partial charge in [-0.1, -0.05) is 11.6 Å². The molecule has 0 saturated heterocycles. The third kappa shape index (κ3) is 2.29. The molecule has 0 bridgehead atoms. The van der Waals surface area contributed by atoms with E-state index in [2.05, 4.69) is 0 Å². The summed E-state index contributed by atoms with van der Waals surface area (Å²) in [6.07, 6.45) is 0.826. The van der Waals surface area contributed by atoms with Crippen molar-refractivity contribution >= 4 is 23.9 Å². The number of carbonyl (C=O) groups excluding carboxylic acids is 1. The summed E-state index contributed by atoms with van der Waals surface area (Å²) in [4.78, 5) is 20.7. The molecule has 0 aliphatic carbocycles. The van der Waals surface area contributed by atoms with E-state index >= 15 is 0 Å². The van der Waals surface area contributed by atoms with Crippen molar-refractivity contribution in [2.45, 2.75) is 6.42 Å². The fourth-order valence-electron chi connectivity index (χ4n) is 0.954. The van der Waals surface area contributed by atoms with E-state index in [1.807, 2.05) is 0 Å². The second-order valence-corrected chi connectivity index (χ2v) is 2.89. The highest BCUT2D eigenvalue weighted by molar-refractivity contribution is 6.31. The zero-order chi connectivity index (χ0) is 9.84. The Kier molecular flexibility index (Phi) is 3.03. The van der Waals surface area contributed by atoms with Crippen LogP contribution < -0.4 is 0 Å². The second kappa shape index (κ2) is 4.05. The highest BCUT2D eigenvalue weighted by Gasteiger charge is 2.06. The number of carboxylic acid groups (broad SMARTS) is 1. The van der Waals surface area contributed by atoms with Gasteiger partial charge in [0.05, 0.1) is 5.56 Å². The highest BCUT2D eigenvalue weighted by Crippen LogP contribution is 2.17. The van der Waals surface area contributed by atoms with Crippen LogP contribution in [0.15, 0.2) is 18.2 Å². The van der Waals surface area contributed by atoms with Crippen molar-refractivity contribution in [3.05, 3.63) is 34.3 Å². The van der Waals surface area contributed by atoms with Gasteiger partial charge in [-0.3, -0.25) is 0 Å². The number of aldehydes is 1. The molecule has 0 aliphatic heterocycles. The van der Waals surface area contributed by atoms with Crippen LogP contribution in [0.4, 0.5) is 0 Å². The maximum absolute atomic E-state index is 10.5. The van der Waals surface area contributed by atoms with E-state index in [1.165, 1.54) is 18.2 Å². The summed E-state index contributed by atoms with van der Waals surface area (Å²) in [5.41, 5.74) is 0.679. The molecule has 0 unspecified atom stereocenters. The molecule has 68 valence electrons. The lowest BCUT2D eigenvalue weighted by Gasteiger charge is -2.00. The van der Waals surface area contributed by atoms with Crippen LogP contribution in [0.1, 0.15) is 15.9 Å². The number of carbonyl (C=O) groups is 2. The van der Waals surface area contributed by atoms with Crippen molar-refractivity contribution in [3.63, 3.8) is 0 Å². The molecule has 1 aromatic carbocycles. The number of aromatic carboxylic acids is 1. The summed E-state index contributed by atoms with van der Waals surface area (Å²) in [6.45, 7) is 0. The Hall–Kier alpha value is -1.35. The van der Waals surface area contributed by atoms with Gasteiger partial charge < -0.3 is 9.90 Å². The maximum atomic E-state index is 10.5. The Labute approximate surface area is 79.9 Å². The van der Waals surface area contributed by atoms with Gasteiger partial charge in [0, 0.05) is 11.4 Å². The van der Waals surface area contributed by atoms with E-state index in [9.17, 15) is 9.59 Å². The molecule has 0 atom stereocenters. The lowest BCUT2D eigenvalue weighted by Crippen LogP contribution is -1.98. The summed E-state index contributed by atoms with van der Waals surface area (Å²) in [7, 11) is 0. The Balaban J connectivity index is 3.10. The molecule has 0 amide bonds. The quantitative estimate of drug-likeness (QED) is 0.754. The summed E-state index contributed by atoms with van der Waals surface area (Å²) < 4.78 is 0. The number of benzene rings is 1. The van der Waals surface area contributed by atoms with Crippen molar-refractivity contribution in [3.8, 4) is 0 Å². The third-order valence-electron chi connectivity index (χ3n) is 1.60. The van der Waals surface area contributed by atoms with Crippen molar-refractivity contribution in [2.75, 3.05) is 0 Å². The van der Waals surface area contributed by atoms with E-state index in [-0.39, 0.29) is 12.0 Å². The predicted octanol–water partition coefficient (Wildman–Crippen LogP) is 1.78. The predicted molar refractivity (Wildman–Crippen MR) is 48.2 cm³/mol. The average molecular weight is 199 g/mol. The molecule has 1 N–H and O–H groups in total. The molecule has 0 spiro atoms. The van der Waals surface area contributed by atoms with Crippen LogP contribution in [-0.4, -0.2) is 17.4 Å². The third-order valence-corrected chi connectivity index (χ3v) is 1.96. The summed E-state index contributed by atoms with van der Waals surface area (Å²) in [5, 5.41) is 9.05. The van der Waals surface area contributed by atoms with E-state index < -0.39 is 5.97 Å². The van der Waals surface area contributed by atoms with Crippen LogP contribution >= 0.6 is 11.6 Å². The summed E-state index contributed by atoms with van der Waals surface area (Å²) in [5.74, 6) is -1.02. The van der Waals surface area contributed by atoms with Crippen LogP contribution in [0.5, 0.6) is 0 Å². The average Bonchev–Trinajstić information content (AvgIpc) is 2.08. The van der Waals surface area contributed by atoms with Gasteiger partial charge in [-0.25, -0.2) is 4.79 Å². The maximum Gasteiger partial charge on any atom is 0.335 e. The Morgan fingerprint density at radius 1 is 1.54 bits per heavy atom. The van der Waals surface area contributed by atoms with Gasteiger partial charge >= 0.3 is 5.97 Å². The van der Waals surface area contributed by atoms with E-state index in [0.717, 1.165) is 0 Å². The zero-order valence-corrected chi connectivity index (χ0v) is 7.41. The van der Waals surface area contributed by atoms with E-state index in [4.69, 9.17) is 16.7 Å². The first kappa shape index (κ1) is 9.74. The molecular weight excluding hydrogens is 192 g/mol. The van der Waals surface area contributed by atoms with Gasteiger partial charge in [0.15, 0.2) is 0 Å². The number of carboxylic acids is 1. The van der Waals surface area contributed by atoms with E-state index in [1.54, 1.807) is 0 Å². The SMILES string of the molecule is O=CCc1cc(C(=O)O)ccc1Cl. The molecule has 1 aromatic rings. The largest absolute Gasteiger partial charge is 0.478 e. The highest BCUT2D eigenvalue weighted by atomic mass is 35.5. The van der Waals surface area contributed by atoms with Crippen LogP contribution in [0.25, 0.3) is 0 Å². The Morgan fingerprint density at radius 3 is 2.77 bits per heavy atom. The zero-order valence-electron chi connectivity index (χ0n) is 6.66. The first-order valence-corrected chi connectivity index (χ1v) is 3.98. The fourth-order valence-corrected chi connectivity index (χ4v) is 1.15. The van der Waals surface area contributed by atoms with Gasteiger partial charge in [0.2, 0.25) is 0 Å². The topological polar surface area (TPSA) is 54.4 Å². The molecule has 0 fully saturated rings. The number of hydrogen-bond acceptors (Lipinski definition) is 2. The van der Waals surface area contributed by atoms with E-state index in [0.29, 0.717) is 16.9 Å². The minimum atomic E-state index is -1.02. The molecule has 1 rings (SSSR count). The molecule has 3 nitrogen and oxygen atoms in total. The van der Waals surface area contributed by atoms with Gasteiger partial charge in [0.1, 0.15) is 6.29 Å². The monoisotopic (exact) mass is 198 g/mol. The smallest absolute Gasteiger partial charge is 0.335 e. The van der Waals surface area contributed by atoms with Crippen LogP contribution in [0, 0.1) is 0 Å². The normalized spacial score (nSPS) is 9.62. The molecule has 0 radical (unpaired) electrons.